The summed E-state index contributed by atoms with van der Waals surface area (Å²) in [5, 5.41) is 13.6. The van der Waals surface area contributed by atoms with Gasteiger partial charge < -0.3 is 5.11 Å². The maximum atomic E-state index is 13.6. The van der Waals surface area contributed by atoms with Gasteiger partial charge in [-0.1, -0.05) is 51.1 Å². The molecule has 1 aromatic rings. The summed E-state index contributed by atoms with van der Waals surface area (Å²) in [6.07, 6.45) is 5.31. The number of amides is 2. The molecule has 0 radical (unpaired) electrons. The molecule has 0 bridgehead atoms. The molecule has 5 atom stereocenters. The number of imide groups is 1. The van der Waals surface area contributed by atoms with Gasteiger partial charge in [-0.15, -0.1) is 11.3 Å². The van der Waals surface area contributed by atoms with Crippen molar-refractivity contribution in [2.45, 2.75) is 70.0 Å². The van der Waals surface area contributed by atoms with Crippen molar-refractivity contribution in [2.75, 3.05) is 0 Å². The van der Waals surface area contributed by atoms with Gasteiger partial charge in [0, 0.05) is 10.9 Å². The van der Waals surface area contributed by atoms with E-state index in [4.69, 9.17) is 11.6 Å². The fourth-order valence-electron chi connectivity index (χ4n) is 5.58. The van der Waals surface area contributed by atoms with Gasteiger partial charge in [0.15, 0.2) is 0 Å². The molecule has 3 aliphatic rings. The lowest BCUT2D eigenvalue weighted by molar-refractivity contribution is -0.155. The summed E-state index contributed by atoms with van der Waals surface area (Å²) in [4.78, 5) is 42.0. The molecule has 29 heavy (non-hydrogen) atoms. The van der Waals surface area contributed by atoms with E-state index in [1.54, 1.807) is 6.07 Å². The second kappa shape index (κ2) is 7.67. The maximum Gasteiger partial charge on any atom is 0.325 e. The first-order valence-electron chi connectivity index (χ1n) is 10.5. The Hall–Kier alpha value is -1.44. The molecule has 0 spiro atoms. The van der Waals surface area contributed by atoms with Crippen LogP contribution in [0.15, 0.2) is 12.1 Å². The number of hydrogen-bond acceptors (Lipinski definition) is 5. The van der Waals surface area contributed by atoms with Gasteiger partial charge in [0.1, 0.15) is 5.54 Å². The zero-order chi connectivity index (χ0) is 20.9. The van der Waals surface area contributed by atoms with Crippen molar-refractivity contribution in [3.63, 3.8) is 0 Å². The quantitative estimate of drug-likeness (QED) is 0.682. The van der Waals surface area contributed by atoms with Gasteiger partial charge in [-0.3, -0.25) is 24.6 Å². The SMILES string of the molecule is CCC(C)C1(C(=O)O)NC(c2ccc(Cl)s2)C2C(=O)N(C3CCCCC3)C(=O)C21. The molecule has 2 amide bonds. The molecule has 1 aliphatic carbocycles. The maximum absolute atomic E-state index is 13.6. The zero-order valence-electron chi connectivity index (χ0n) is 16.7. The average molecular weight is 439 g/mol. The summed E-state index contributed by atoms with van der Waals surface area (Å²) < 4.78 is 0.579. The summed E-state index contributed by atoms with van der Waals surface area (Å²) in [6.45, 7) is 3.77. The number of likely N-dealkylation sites (tertiary alicyclic amines) is 1. The fourth-order valence-corrected chi connectivity index (χ4v) is 6.74. The van der Waals surface area contributed by atoms with Crippen LogP contribution in [0.1, 0.15) is 63.3 Å². The first kappa shape index (κ1) is 20.8. The van der Waals surface area contributed by atoms with E-state index in [1.807, 2.05) is 19.9 Å². The van der Waals surface area contributed by atoms with E-state index in [9.17, 15) is 19.5 Å². The number of carbonyl (C=O) groups excluding carboxylic acids is 2. The van der Waals surface area contributed by atoms with Crippen LogP contribution in [0.5, 0.6) is 0 Å². The largest absolute Gasteiger partial charge is 0.480 e. The van der Waals surface area contributed by atoms with E-state index in [-0.39, 0.29) is 23.8 Å². The highest BCUT2D eigenvalue weighted by Crippen LogP contribution is 2.54. The van der Waals surface area contributed by atoms with Crippen molar-refractivity contribution in [1.82, 2.24) is 10.2 Å². The first-order valence-corrected chi connectivity index (χ1v) is 11.7. The molecule has 1 aromatic heterocycles. The van der Waals surface area contributed by atoms with Crippen LogP contribution < -0.4 is 5.32 Å². The molecule has 4 rings (SSSR count). The summed E-state index contributed by atoms with van der Waals surface area (Å²) in [6, 6.07) is 2.96. The van der Waals surface area contributed by atoms with Gasteiger partial charge in [-0.05, 0) is 30.9 Å². The van der Waals surface area contributed by atoms with Crippen molar-refractivity contribution in [1.29, 1.82) is 0 Å². The Kier molecular flexibility index (Phi) is 5.51. The standard InChI is InChI=1S/C21H27ClN2O4S/c1-3-11(2)21(20(27)28)16-15(17(23-21)13-9-10-14(22)29-13)18(25)24(19(16)26)12-7-5-4-6-8-12/h9-12,15-17,23H,3-8H2,1-2H3,(H,27,28). The Balaban J connectivity index is 1.81. The molecular weight excluding hydrogens is 412 g/mol. The summed E-state index contributed by atoms with van der Waals surface area (Å²) in [5.74, 6) is -3.50. The number of hydrogen-bond donors (Lipinski definition) is 2. The molecule has 3 heterocycles. The Bertz CT molecular complexity index is 836. The Morgan fingerprint density at radius 1 is 1.31 bits per heavy atom. The smallest absolute Gasteiger partial charge is 0.325 e. The second-order valence-electron chi connectivity index (χ2n) is 8.59. The van der Waals surface area contributed by atoms with E-state index in [2.05, 4.69) is 5.32 Å². The van der Waals surface area contributed by atoms with E-state index >= 15 is 0 Å². The van der Waals surface area contributed by atoms with Crippen molar-refractivity contribution in [3.8, 4) is 0 Å². The number of carboxylic acid groups (broad SMARTS) is 1. The number of aliphatic carboxylic acids is 1. The number of thiophene rings is 1. The van der Waals surface area contributed by atoms with Crippen LogP contribution in [0.4, 0.5) is 0 Å². The molecule has 2 N–H and O–H groups in total. The average Bonchev–Trinajstić information content (AvgIpc) is 3.36. The van der Waals surface area contributed by atoms with Crippen molar-refractivity contribution in [2.24, 2.45) is 17.8 Å². The van der Waals surface area contributed by atoms with Gasteiger partial charge in [0.2, 0.25) is 11.8 Å². The zero-order valence-corrected chi connectivity index (χ0v) is 18.3. The third-order valence-corrected chi connectivity index (χ3v) is 8.53. The monoisotopic (exact) mass is 438 g/mol. The third kappa shape index (κ3) is 3.04. The van der Waals surface area contributed by atoms with Crippen LogP contribution in [0.2, 0.25) is 4.34 Å². The number of nitrogens with one attached hydrogen (secondary N) is 1. The number of carboxylic acids is 1. The molecule has 3 fully saturated rings. The Morgan fingerprint density at radius 2 is 2.00 bits per heavy atom. The minimum absolute atomic E-state index is 0.106. The minimum atomic E-state index is -1.46. The molecular formula is C21H27ClN2O4S. The number of fused-ring (bicyclic) bond motifs is 1. The van der Waals surface area contributed by atoms with Crippen LogP contribution in [-0.2, 0) is 14.4 Å². The van der Waals surface area contributed by atoms with Gasteiger partial charge in [0.05, 0.1) is 22.2 Å². The summed E-state index contributed by atoms with van der Waals surface area (Å²) >= 11 is 7.47. The number of carbonyl (C=O) groups is 3. The fraction of sp³-hybridized carbons (Fsp3) is 0.667. The predicted molar refractivity (Wildman–Crippen MR) is 111 cm³/mol. The number of nitrogens with zero attached hydrogens (tertiary/aromatic N) is 1. The number of rotatable bonds is 5. The molecule has 6 nitrogen and oxygen atoms in total. The van der Waals surface area contributed by atoms with Crippen LogP contribution in [-0.4, -0.2) is 39.4 Å². The normalized spacial score (nSPS) is 33.9. The van der Waals surface area contributed by atoms with Gasteiger partial charge >= 0.3 is 5.97 Å². The highest BCUT2D eigenvalue weighted by Gasteiger charge is 2.70. The molecule has 0 aromatic carbocycles. The lowest BCUT2D eigenvalue weighted by Crippen LogP contribution is -2.60. The molecule has 1 saturated carbocycles. The molecule has 8 heteroatoms. The summed E-state index contributed by atoms with van der Waals surface area (Å²) in [7, 11) is 0. The van der Waals surface area contributed by atoms with Crippen LogP contribution in [0, 0.1) is 17.8 Å². The lowest BCUT2D eigenvalue weighted by atomic mass is 9.72. The van der Waals surface area contributed by atoms with E-state index < -0.39 is 29.4 Å². The van der Waals surface area contributed by atoms with Crippen LogP contribution in [0.25, 0.3) is 0 Å². The Morgan fingerprint density at radius 3 is 2.55 bits per heavy atom. The molecule has 2 aliphatic heterocycles. The number of halogens is 1. The van der Waals surface area contributed by atoms with Gasteiger partial charge in [-0.2, -0.15) is 0 Å². The highest BCUT2D eigenvalue weighted by molar-refractivity contribution is 7.16. The third-order valence-electron chi connectivity index (χ3n) is 7.21. The predicted octanol–water partition coefficient (Wildman–Crippen LogP) is 3.85. The highest BCUT2D eigenvalue weighted by atomic mass is 35.5. The van der Waals surface area contributed by atoms with Crippen LogP contribution in [0.3, 0.4) is 0 Å². The topological polar surface area (TPSA) is 86.7 Å². The van der Waals surface area contributed by atoms with Gasteiger partial charge in [0.25, 0.3) is 0 Å². The van der Waals surface area contributed by atoms with E-state index in [0.717, 1.165) is 37.0 Å². The molecule has 2 saturated heterocycles. The second-order valence-corrected chi connectivity index (χ2v) is 10.3. The Labute approximate surface area is 179 Å². The van der Waals surface area contributed by atoms with Gasteiger partial charge in [-0.25, -0.2) is 0 Å². The van der Waals surface area contributed by atoms with Crippen molar-refractivity contribution < 1.29 is 19.5 Å². The van der Waals surface area contributed by atoms with E-state index in [1.165, 1.54) is 16.2 Å². The molecule has 158 valence electrons. The van der Waals surface area contributed by atoms with Crippen molar-refractivity contribution in [3.05, 3.63) is 21.3 Å². The summed E-state index contributed by atoms with van der Waals surface area (Å²) in [5.41, 5.74) is -1.46. The van der Waals surface area contributed by atoms with E-state index in [0.29, 0.717) is 10.8 Å². The van der Waals surface area contributed by atoms with Crippen LogP contribution >= 0.6 is 22.9 Å². The lowest BCUT2D eigenvalue weighted by Gasteiger charge is -2.37. The molecule has 5 unspecified atom stereocenters. The van der Waals surface area contributed by atoms with Crippen molar-refractivity contribution >= 4 is 40.7 Å². The first-order chi connectivity index (χ1) is 13.8. The minimum Gasteiger partial charge on any atom is -0.480 e.